The zero-order valence-corrected chi connectivity index (χ0v) is 20.2. The van der Waals surface area contributed by atoms with Crippen LogP contribution in [-0.2, 0) is 11.2 Å². The first kappa shape index (κ1) is 24.5. The Labute approximate surface area is 192 Å². The zero-order valence-electron chi connectivity index (χ0n) is 17.8. The fraction of sp³-hybridized carbons (Fsp3) is 0.364. The van der Waals surface area contributed by atoms with Crippen molar-refractivity contribution in [3.8, 4) is 5.75 Å². The lowest BCUT2D eigenvalue weighted by molar-refractivity contribution is -0.118. The van der Waals surface area contributed by atoms with Crippen LogP contribution in [-0.4, -0.2) is 55.8 Å². The van der Waals surface area contributed by atoms with E-state index in [4.69, 9.17) is 9.72 Å². The summed E-state index contributed by atoms with van der Waals surface area (Å²) in [5, 5.41) is 0.760. The molecular formula is C22H28ClN3O2S2. The van der Waals surface area contributed by atoms with Crippen molar-refractivity contribution >= 4 is 56.8 Å². The van der Waals surface area contributed by atoms with Crippen LogP contribution < -0.4 is 9.64 Å². The number of anilines is 1. The van der Waals surface area contributed by atoms with E-state index in [2.05, 4.69) is 23.3 Å². The van der Waals surface area contributed by atoms with Crippen LogP contribution in [0.5, 0.6) is 5.75 Å². The molecule has 0 spiro atoms. The van der Waals surface area contributed by atoms with Crippen molar-refractivity contribution in [2.45, 2.75) is 18.2 Å². The fourth-order valence-electron chi connectivity index (χ4n) is 2.90. The Bertz CT molecular complexity index is 961. The molecule has 0 radical (unpaired) electrons. The highest BCUT2D eigenvalue weighted by atomic mass is 35.5. The Morgan fingerprint density at radius 1 is 1.13 bits per heavy atom. The molecule has 0 aliphatic carbocycles. The van der Waals surface area contributed by atoms with Crippen molar-refractivity contribution in [2.24, 2.45) is 0 Å². The molecule has 8 heteroatoms. The number of likely N-dealkylation sites (N-methyl/N-ethyl adjacent to an activating group) is 1. The van der Waals surface area contributed by atoms with Gasteiger partial charge in [-0.1, -0.05) is 23.5 Å². The minimum atomic E-state index is 0. The number of halogens is 1. The van der Waals surface area contributed by atoms with E-state index in [0.717, 1.165) is 33.2 Å². The average molecular weight is 466 g/mol. The molecule has 162 valence electrons. The number of hydrogen-bond donors (Lipinski definition) is 0. The number of benzene rings is 2. The Hall–Kier alpha value is -1.80. The number of amides is 1. The van der Waals surface area contributed by atoms with Gasteiger partial charge in [-0.15, -0.1) is 24.2 Å². The number of fused-ring (bicyclic) bond motifs is 1. The fourth-order valence-corrected chi connectivity index (χ4v) is 4.47. The summed E-state index contributed by atoms with van der Waals surface area (Å²) in [5.74, 6) is 0.879. The van der Waals surface area contributed by atoms with Crippen LogP contribution >= 0.6 is 35.5 Å². The van der Waals surface area contributed by atoms with Gasteiger partial charge >= 0.3 is 0 Å². The van der Waals surface area contributed by atoms with E-state index in [0.29, 0.717) is 19.6 Å². The second-order valence-electron chi connectivity index (χ2n) is 6.93. The van der Waals surface area contributed by atoms with Gasteiger partial charge < -0.3 is 9.64 Å². The van der Waals surface area contributed by atoms with E-state index in [-0.39, 0.29) is 18.3 Å². The van der Waals surface area contributed by atoms with Crippen LogP contribution in [0.3, 0.4) is 0 Å². The Balaban J connectivity index is 0.00000320. The van der Waals surface area contributed by atoms with Crippen molar-refractivity contribution in [3.63, 3.8) is 0 Å². The summed E-state index contributed by atoms with van der Waals surface area (Å²) in [6.45, 7) is 3.98. The summed E-state index contributed by atoms with van der Waals surface area (Å²) in [5.41, 5.74) is 1.91. The average Bonchev–Trinajstić information content (AvgIpc) is 3.12. The quantitative estimate of drug-likeness (QED) is 0.417. The van der Waals surface area contributed by atoms with E-state index < -0.39 is 0 Å². The minimum Gasteiger partial charge on any atom is -0.494 e. The highest BCUT2D eigenvalue weighted by Gasteiger charge is 2.20. The second kappa shape index (κ2) is 11.6. The maximum Gasteiger partial charge on any atom is 0.233 e. The first-order valence-electron chi connectivity index (χ1n) is 9.61. The topological polar surface area (TPSA) is 45.7 Å². The summed E-state index contributed by atoms with van der Waals surface area (Å²) in [4.78, 5) is 23.0. The highest BCUT2D eigenvalue weighted by Crippen LogP contribution is 2.32. The standard InChI is InChI=1S/C22H27N3O2S2.ClH/c1-5-27-17-8-6-16(7-9-17)14-21(26)25(13-12-24(2)3)22-23-19-11-10-18(28-4)15-20(19)29-22;/h6-11,15H,5,12-14H2,1-4H3;1H. The van der Waals surface area contributed by atoms with E-state index in [9.17, 15) is 4.79 Å². The zero-order chi connectivity index (χ0) is 20.8. The molecule has 0 fully saturated rings. The maximum absolute atomic E-state index is 13.2. The molecule has 0 bridgehead atoms. The Morgan fingerprint density at radius 2 is 1.87 bits per heavy atom. The molecule has 0 atom stereocenters. The monoisotopic (exact) mass is 465 g/mol. The number of nitrogens with zero attached hydrogens (tertiary/aromatic N) is 3. The summed E-state index contributed by atoms with van der Waals surface area (Å²) in [7, 11) is 4.02. The van der Waals surface area contributed by atoms with Crippen molar-refractivity contribution < 1.29 is 9.53 Å². The molecule has 0 N–H and O–H groups in total. The SMILES string of the molecule is CCOc1ccc(CC(=O)N(CCN(C)C)c2nc3ccc(SC)cc3s2)cc1.Cl. The number of hydrogen-bond acceptors (Lipinski definition) is 6. The molecule has 0 saturated carbocycles. The van der Waals surface area contributed by atoms with Crippen LogP contribution in [0.1, 0.15) is 12.5 Å². The van der Waals surface area contributed by atoms with Crippen molar-refractivity contribution in [1.29, 1.82) is 0 Å². The molecule has 0 unspecified atom stereocenters. The van der Waals surface area contributed by atoms with E-state index in [1.54, 1.807) is 23.1 Å². The number of thiazole rings is 1. The summed E-state index contributed by atoms with van der Waals surface area (Å²) in [6.07, 6.45) is 2.40. The summed E-state index contributed by atoms with van der Waals surface area (Å²) < 4.78 is 6.60. The van der Waals surface area contributed by atoms with Gasteiger partial charge in [0, 0.05) is 18.0 Å². The predicted molar refractivity (Wildman–Crippen MR) is 131 cm³/mol. The van der Waals surface area contributed by atoms with Crippen LogP contribution in [0.25, 0.3) is 10.2 Å². The van der Waals surface area contributed by atoms with E-state index in [1.807, 2.05) is 56.3 Å². The largest absolute Gasteiger partial charge is 0.494 e. The maximum atomic E-state index is 13.2. The van der Waals surface area contributed by atoms with Crippen molar-refractivity contribution in [2.75, 3.05) is 44.9 Å². The molecule has 1 aromatic heterocycles. The van der Waals surface area contributed by atoms with Crippen molar-refractivity contribution in [3.05, 3.63) is 48.0 Å². The first-order chi connectivity index (χ1) is 14.0. The van der Waals surface area contributed by atoms with Gasteiger partial charge in [-0.2, -0.15) is 0 Å². The number of aromatic nitrogens is 1. The smallest absolute Gasteiger partial charge is 0.233 e. The van der Waals surface area contributed by atoms with Gasteiger partial charge in [-0.05, 0) is 63.2 Å². The lowest BCUT2D eigenvalue weighted by Crippen LogP contribution is -2.37. The van der Waals surface area contributed by atoms with Gasteiger partial charge in [0.25, 0.3) is 0 Å². The van der Waals surface area contributed by atoms with Crippen LogP contribution in [0.2, 0.25) is 0 Å². The van der Waals surface area contributed by atoms with Gasteiger partial charge in [-0.3, -0.25) is 9.69 Å². The lowest BCUT2D eigenvalue weighted by Gasteiger charge is -2.22. The molecule has 0 saturated heterocycles. The third-order valence-electron chi connectivity index (χ3n) is 4.48. The molecule has 0 aliphatic heterocycles. The number of carbonyl (C=O) groups is 1. The summed E-state index contributed by atoms with van der Waals surface area (Å²) in [6, 6.07) is 14.0. The first-order valence-corrected chi connectivity index (χ1v) is 11.7. The van der Waals surface area contributed by atoms with Gasteiger partial charge in [-0.25, -0.2) is 4.98 Å². The number of carbonyl (C=O) groups excluding carboxylic acids is 1. The molecule has 1 heterocycles. The van der Waals surface area contributed by atoms with Gasteiger partial charge in [0.1, 0.15) is 5.75 Å². The molecule has 3 aromatic rings. The number of rotatable bonds is 9. The Kier molecular flexibility index (Phi) is 9.42. The molecule has 0 aliphatic rings. The molecular weight excluding hydrogens is 438 g/mol. The van der Waals surface area contributed by atoms with Gasteiger partial charge in [0.05, 0.1) is 23.2 Å². The van der Waals surface area contributed by atoms with E-state index >= 15 is 0 Å². The minimum absolute atomic E-state index is 0. The van der Waals surface area contributed by atoms with Gasteiger partial charge in [0.2, 0.25) is 5.91 Å². The molecule has 3 rings (SSSR count). The number of thioether (sulfide) groups is 1. The third-order valence-corrected chi connectivity index (χ3v) is 6.24. The lowest BCUT2D eigenvalue weighted by atomic mass is 10.1. The normalized spacial score (nSPS) is 10.8. The van der Waals surface area contributed by atoms with Crippen LogP contribution in [0.15, 0.2) is 47.4 Å². The molecule has 2 aromatic carbocycles. The highest BCUT2D eigenvalue weighted by molar-refractivity contribution is 7.98. The molecule has 1 amide bonds. The summed E-state index contributed by atoms with van der Waals surface area (Å²) >= 11 is 3.29. The van der Waals surface area contributed by atoms with Crippen LogP contribution in [0.4, 0.5) is 5.13 Å². The van der Waals surface area contributed by atoms with Gasteiger partial charge in [0.15, 0.2) is 5.13 Å². The van der Waals surface area contributed by atoms with Crippen molar-refractivity contribution in [1.82, 2.24) is 9.88 Å². The van der Waals surface area contributed by atoms with Crippen LogP contribution in [0, 0.1) is 0 Å². The predicted octanol–water partition coefficient (Wildman–Crippen LogP) is 4.98. The molecule has 5 nitrogen and oxygen atoms in total. The third kappa shape index (κ3) is 6.35. The second-order valence-corrected chi connectivity index (χ2v) is 8.82. The Morgan fingerprint density at radius 3 is 2.50 bits per heavy atom. The number of ether oxygens (including phenoxy) is 1. The molecule has 30 heavy (non-hydrogen) atoms. The van der Waals surface area contributed by atoms with E-state index in [1.165, 1.54) is 4.90 Å².